The van der Waals surface area contributed by atoms with Gasteiger partial charge in [0.15, 0.2) is 0 Å². The third-order valence-electron chi connectivity index (χ3n) is 4.17. The summed E-state index contributed by atoms with van der Waals surface area (Å²) < 4.78 is 8.41. The van der Waals surface area contributed by atoms with Crippen LogP contribution in [0.2, 0.25) is 5.02 Å². The van der Waals surface area contributed by atoms with Gasteiger partial charge in [0.25, 0.3) is 11.5 Å². The lowest BCUT2D eigenvalue weighted by Crippen LogP contribution is -2.17. The monoisotopic (exact) mass is 359 g/mol. The number of ether oxygens (including phenoxy) is 1. The van der Waals surface area contributed by atoms with E-state index in [-0.39, 0.29) is 11.5 Å². The maximum Gasteiger partial charge on any atom is 0.272 e. The zero-order valence-electron chi connectivity index (χ0n) is 14.2. The van der Waals surface area contributed by atoms with Gasteiger partial charge in [-0.05, 0) is 37.3 Å². The van der Waals surface area contributed by atoms with Gasteiger partial charge < -0.3 is 19.2 Å². The molecule has 0 spiro atoms. The molecule has 0 saturated heterocycles. The topological polar surface area (TPSA) is 65.3 Å². The molecule has 0 aliphatic heterocycles. The molecule has 130 valence electrons. The number of nitrogens with one attached hydrogen (secondary N) is 1. The lowest BCUT2D eigenvalue weighted by atomic mass is 10.2. The first-order valence-corrected chi connectivity index (χ1v) is 8.17. The third kappa shape index (κ3) is 3.00. The second-order valence-corrected chi connectivity index (χ2v) is 6.01. The van der Waals surface area contributed by atoms with E-state index in [1.54, 1.807) is 46.6 Å². The van der Waals surface area contributed by atoms with Crippen molar-refractivity contribution in [3.8, 4) is 5.75 Å². The van der Waals surface area contributed by atoms with Gasteiger partial charge in [0, 0.05) is 25.5 Å². The average Bonchev–Trinajstić information content (AvgIpc) is 2.93. The van der Waals surface area contributed by atoms with Crippen LogP contribution < -0.4 is 15.6 Å². The van der Waals surface area contributed by atoms with E-state index in [1.807, 2.05) is 13.0 Å². The summed E-state index contributed by atoms with van der Waals surface area (Å²) in [7, 11) is 3.28. The highest BCUT2D eigenvalue weighted by Gasteiger charge is 2.16. The van der Waals surface area contributed by atoms with E-state index in [0.29, 0.717) is 39.6 Å². The zero-order valence-corrected chi connectivity index (χ0v) is 14.9. The van der Waals surface area contributed by atoms with Crippen molar-refractivity contribution in [2.24, 2.45) is 7.05 Å². The molecular formula is C18H18ClN3O3. The normalized spacial score (nSPS) is 10.9. The number of hydrogen-bond acceptors (Lipinski definition) is 3. The number of hydrogen-bond donors (Lipinski definition) is 1. The molecule has 0 aliphatic rings. The van der Waals surface area contributed by atoms with Crippen LogP contribution in [0.5, 0.6) is 5.75 Å². The molecule has 1 N–H and O–H groups in total. The molecule has 0 aliphatic carbocycles. The fourth-order valence-electron chi connectivity index (χ4n) is 2.78. The lowest BCUT2D eigenvalue weighted by molar-refractivity contribution is 0.101. The molecule has 2 heterocycles. The highest BCUT2D eigenvalue weighted by atomic mass is 35.5. The largest absolute Gasteiger partial charge is 0.495 e. The quantitative estimate of drug-likeness (QED) is 0.777. The summed E-state index contributed by atoms with van der Waals surface area (Å²) in [5.41, 5.74) is 1.55. The number of amides is 1. The maximum atomic E-state index is 12.6. The number of carbonyl (C=O) groups excluding carboxylic acids is 1. The summed E-state index contributed by atoms with van der Waals surface area (Å²) in [5.74, 6) is 0.215. The zero-order chi connectivity index (χ0) is 18.1. The SMILES string of the molecule is CCn1ccc2c(cc(C(=O)Nc3ccc(OC)c(Cl)c3)n2C)c1=O. The summed E-state index contributed by atoms with van der Waals surface area (Å²) in [4.78, 5) is 25.0. The van der Waals surface area contributed by atoms with Crippen LogP contribution in [0.4, 0.5) is 5.69 Å². The van der Waals surface area contributed by atoms with Crippen molar-refractivity contribution in [3.05, 3.63) is 57.6 Å². The van der Waals surface area contributed by atoms with Crippen molar-refractivity contribution < 1.29 is 9.53 Å². The summed E-state index contributed by atoms with van der Waals surface area (Å²) in [6.45, 7) is 2.48. The molecular weight excluding hydrogens is 342 g/mol. The Hall–Kier alpha value is -2.73. The molecule has 1 aromatic carbocycles. The van der Waals surface area contributed by atoms with E-state index < -0.39 is 0 Å². The van der Waals surface area contributed by atoms with Gasteiger partial charge in [0.2, 0.25) is 0 Å². The number of halogens is 1. The Morgan fingerprint density at radius 2 is 2.04 bits per heavy atom. The fraction of sp³-hybridized carbons (Fsp3) is 0.222. The van der Waals surface area contributed by atoms with Gasteiger partial charge >= 0.3 is 0 Å². The molecule has 0 saturated carbocycles. The Morgan fingerprint density at radius 3 is 2.68 bits per heavy atom. The number of aromatic nitrogens is 2. The number of anilines is 1. The highest BCUT2D eigenvalue weighted by Crippen LogP contribution is 2.27. The van der Waals surface area contributed by atoms with E-state index in [9.17, 15) is 9.59 Å². The standard InChI is InChI=1S/C18H18ClN3O3/c1-4-22-8-7-14-12(18(22)24)10-15(21(14)2)17(23)20-11-5-6-16(25-3)13(19)9-11/h5-10H,4H2,1-3H3,(H,20,23). The summed E-state index contributed by atoms with van der Waals surface area (Å²) in [6, 6.07) is 8.45. The van der Waals surface area contributed by atoms with Crippen LogP contribution in [0.25, 0.3) is 10.9 Å². The van der Waals surface area contributed by atoms with Crippen LogP contribution in [0.15, 0.2) is 41.3 Å². The fourth-order valence-corrected chi connectivity index (χ4v) is 3.04. The van der Waals surface area contributed by atoms with Gasteiger partial charge in [-0.1, -0.05) is 11.6 Å². The summed E-state index contributed by atoms with van der Waals surface area (Å²) in [6.07, 6.45) is 1.73. The summed E-state index contributed by atoms with van der Waals surface area (Å²) in [5, 5.41) is 3.72. The van der Waals surface area contributed by atoms with Crippen molar-refractivity contribution in [2.45, 2.75) is 13.5 Å². The number of methoxy groups -OCH3 is 1. The summed E-state index contributed by atoms with van der Waals surface area (Å²) >= 11 is 6.08. The number of nitrogens with zero attached hydrogens (tertiary/aromatic N) is 2. The van der Waals surface area contributed by atoms with E-state index in [1.165, 1.54) is 7.11 Å². The predicted molar refractivity (Wildman–Crippen MR) is 98.8 cm³/mol. The van der Waals surface area contributed by atoms with Crippen LogP contribution >= 0.6 is 11.6 Å². The Morgan fingerprint density at radius 1 is 1.28 bits per heavy atom. The maximum absolute atomic E-state index is 12.6. The molecule has 6 nitrogen and oxygen atoms in total. The van der Waals surface area contributed by atoms with Gasteiger partial charge in [0.1, 0.15) is 11.4 Å². The van der Waals surface area contributed by atoms with E-state index >= 15 is 0 Å². The number of pyridine rings is 1. The molecule has 0 radical (unpaired) electrons. The second-order valence-electron chi connectivity index (χ2n) is 5.60. The van der Waals surface area contributed by atoms with Crippen molar-refractivity contribution in [3.63, 3.8) is 0 Å². The Balaban J connectivity index is 1.97. The number of aryl methyl sites for hydroxylation is 2. The van der Waals surface area contributed by atoms with Gasteiger partial charge in [-0.2, -0.15) is 0 Å². The molecule has 25 heavy (non-hydrogen) atoms. The van der Waals surface area contributed by atoms with E-state index in [4.69, 9.17) is 16.3 Å². The Bertz CT molecular complexity index is 1020. The molecule has 3 rings (SSSR count). The van der Waals surface area contributed by atoms with Crippen LogP contribution in [0.3, 0.4) is 0 Å². The molecule has 2 aromatic heterocycles. The van der Waals surface area contributed by atoms with Crippen molar-refractivity contribution in [1.82, 2.24) is 9.13 Å². The van der Waals surface area contributed by atoms with Gasteiger partial charge in [-0.15, -0.1) is 0 Å². The average molecular weight is 360 g/mol. The molecule has 0 fully saturated rings. The molecule has 0 atom stereocenters. The van der Waals surface area contributed by atoms with Crippen LogP contribution in [-0.4, -0.2) is 22.2 Å². The number of rotatable bonds is 4. The van der Waals surface area contributed by atoms with E-state index in [2.05, 4.69) is 5.32 Å². The minimum absolute atomic E-state index is 0.109. The first-order chi connectivity index (χ1) is 12.0. The van der Waals surface area contributed by atoms with Crippen LogP contribution in [0.1, 0.15) is 17.4 Å². The minimum Gasteiger partial charge on any atom is -0.495 e. The first kappa shape index (κ1) is 17.1. The Labute approximate surface area is 149 Å². The van der Waals surface area contributed by atoms with Crippen LogP contribution in [0, 0.1) is 0 Å². The lowest BCUT2D eigenvalue weighted by Gasteiger charge is -2.09. The van der Waals surface area contributed by atoms with Crippen molar-refractivity contribution in [2.75, 3.05) is 12.4 Å². The van der Waals surface area contributed by atoms with Gasteiger partial charge in [0.05, 0.1) is 23.0 Å². The predicted octanol–water partition coefficient (Wildman–Crippen LogP) is 3.27. The molecule has 0 unspecified atom stereocenters. The van der Waals surface area contributed by atoms with E-state index in [0.717, 1.165) is 0 Å². The molecule has 1 amide bonds. The number of benzene rings is 1. The number of carbonyl (C=O) groups is 1. The second kappa shape index (κ2) is 6.64. The molecule has 3 aromatic rings. The minimum atomic E-state index is -0.317. The highest BCUT2D eigenvalue weighted by molar-refractivity contribution is 6.32. The molecule has 0 bridgehead atoms. The smallest absolute Gasteiger partial charge is 0.272 e. The van der Waals surface area contributed by atoms with Crippen molar-refractivity contribution >= 4 is 34.1 Å². The van der Waals surface area contributed by atoms with Gasteiger partial charge in [-0.25, -0.2) is 0 Å². The van der Waals surface area contributed by atoms with Crippen molar-refractivity contribution in [1.29, 1.82) is 0 Å². The third-order valence-corrected chi connectivity index (χ3v) is 4.46. The Kier molecular flexibility index (Phi) is 4.55. The first-order valence-electron chi connectivity index (χ1n) is 7.80. The van der Waals surface area contributed by atoms with Crippen LogP contribution in [-0.2, 0) is 13.6 Å². The van der Waals surface area contributed by atoms with Gasteiger partial charge in [-0.3, -0.25) is 9.59 Å². The number of fused-ring (bicyclic) bond motifs is 1. The molecule has 7 heteroatoms.